The maximum Gasteiger partial charge on any atom is 0.158 e. The van der Waals surface area contributed by atoms with E-state index in [2.05, 4.69) is 20.5 Å². The Labute approximate surface area is 51.5 Å². The lowest BCUT2D eigenvalue weighted by atomic mass is 10.8. The van der Waals surface area contributed by atoms with Gasteiger partial charge in [0.25, 0.3) is 0 Å². The Kier molecular flexibility index (Phi) is 1.74. The predicted molar refractivity (Wildman–Crippen MR) is 32.7 cm³/mol. The molecule has 1 heterocycles. The lowest BCUT2D eigenvalue weighted by Crippen LogP contribution is -2.06. The molecule has 5 heteroatoms. The summed E-state index contributed by atoms with van der Waals surface area (Å²) in [4.78, 5) is 2.61. The maximum atomic E-state index is 3.69. The minimum absolute atomic E-state index is 0.786. The van der Waals surface area contributed by atoms with Crippen molar-refractivity contribution in [3.05, 3.63) is 11.2 Å². The van der Waals surface area contributed by atoms with E-state index in [0.717, 1.165) is 5.82 Å². The first-order valence-electron chi connectivity index (χ1n) is 2.13. The molecule has 0 radical (unpaired) electrons. The van der Waals surface area contributed by atoms with Gasteiger partial charge in [-0.3, -0.25) is 0 Å². The van der Waals surface area contributed by atoms with Gasteiger partial charge >= 0.3 is 0 Å². The van der Waals surface area contributed by atoms with Crippen molar-refractivity contribution in [2.45, 2.75) is 0 Å². The first-order valence-corrected chi connectivity index (χ1v) is 3.01. The summed E-state index contributed by atoms with van der Waals surface area (Å²) < 4.78 is 0. The summed E-state index contributed by atoms with van der Waals surface area (Å²) in [6.45, 7) is 0. The molecule has 0 saturated heterocycles. The molecule has 0 amide bonds. The van der Waals surface area contributed by atoms with Crippen LogP contribution in [0, 0.1) is 0 Å². The Morgan fingerprint density at radius 3 is 3.12 bits per heavy atom. The highest BCUT2D eigenvalue weighted by atomic mass is 32.2. The molecule has 0 bridgehead atoms. The maximum absolute atomic E-state index is 3.69. The van der Waals surface area contributed by atoms with Gasteiger partial charge in [0.05, 0.1) is 0 Å². The molecule has 0 unspecified atom stereocenters. The molecule has 0 spiro atoms. The Morgan fingerprint density at radius 1 is 1.88 bits per heavy atom. The van der Waals surface area contributed by atoms with Crippen molar-refractivity contribution in [1.29, 1.82) is 0 Å². The van der Waals surface area contributed by atoms with Gasteiger partial charge in [0.2, 0.25) is 0 Å². The third-order valence-electron chi connectivity index (χ3n) is 0.678. The number of hydrogen-bond donors (Lipinski definition) is 2. The zero-order valence-electron chi connectivity index (χ0n) is 4.38. The van der Waals surface area contributed by atoms with Crippen LogP contribution in [0.15, 0.2) is 21.6 Å². The van der Waals surface area contributed by atoms with Crippen molar-refractivity contribution in [3.63, 3.8) is 0 Å². The van der Waals surface area contributed by atoms with Gasteiger partial charge in [-0.2, -0.15) is 0 Å². The Balaban J connectivity index is 2.51. The Morgan fingerprint density at radius 2 is 2.75 bits per heavy atom. The van der Waals surface area contributed by atoms with Crippen molar-refractivity contribution in [3.8, 4) is 0 Å². The molecule has 44 valence electrons. The second-order valence-corrected chi connectivity index (χ2v) is 1.82. The average Bonchev–Trinajstić information content (AvgIpc) is 1.90. The fourth-order valence-electron chi connectivity index (χ4n) is 0.313. The quantitative estimate of drug-likeness (QED) is 0.512. The summed E-state index contributed by atoms with van der Waals surface area (Å²) in [5.41, 5.74) is 0. The van der Waals surface area contributed by atoms with Crippen LogP contribution in [0.2, 0.25) is 0 Å². The Hall–Kier alpha value is -0.710. The van der Waals surface area contributed by atoms with Gasteiger partial charge in [0.15, 0.2) is 5.82 Å². The summed E-state index contributed by atoms with van der Waals surface area (Å²) in [5.74, 6) is 0.786. The predicted octanol–water partition coefficient (Wildman–Crippen LogP) is 0.623. The second-order valence-electron chi connectivity index (χ2n) is 1.16. The van der Waals surface area contributed by atoms with Crippen molar-refractivity contribution in [2.75, 3.05) is 7.05 Å². The van der Waals surface area contributed by atoms with Crippen LogP contribution in [-0.2, 0) is 0 Å². The standard InChI is InChI=1S/C3H6N4S/c1-4-3-2-8-7-6-5-3/h2,4H,1H3,(H,5,7). The van der Waals surface area contributed by atoms with Crippen LogP contribution in [0.3, 0.4) is 0 Å². The fourth-order valence-corrected chi connectivity index (χ4v) is 0.730. The molecular weight excluding hydrogens is 124 g/mol. The second kappa shape index (κ2) is 2.56. The fraction of sp³-hybridized carbons (Fsp3) is 0.333. The molecule has 0 aromatic carbocycles. The molecule has 1 aliphatic rings. The average molecular weight is 130 g/mol. The van der Waals surface area contributed by atoms with Gasteiger partial charge in [0, 0.05) is 24.4 Å². The topological polar surface area (TPSA) is 48.8 Å². The highest BCUT2D eigenvalue weighted by Gasteiger charge is 1.92. The van der Waals surface area contributed by atoms with Gasteiger partial charge in [-0.05, 0) is 0 Å². The zero-order valence-corrected chi connectivity index (χ0v) is 5.20. The van der Waals surface area contributed by atoms with Crippen molar-refractivity contribution in [1.82, 2.24) is 10.1 Å². The van der Waals surface area contributed by atoms with Crippen LogP contribution in [-0.4, -0.2) is 7.05 Å². The van der Waals surface area contributed by atoms with Crippen LogP contribution in [0.4, 0.5) is 0 Å². The van der Waals surface area contributed by atoms with Crippen LogP contribution >= 0.6 is 11.9 Å². The monoisotopic (exact) mass is 130 g/mol. The van der Waals surface area contributed by atoms with Gasteiger partial charge in [-0.15, -0.1) is 5.11 Å². The largest absolute Gasteiger partial charge is 0.371 e. The number of hydrogen-bond acceptors (Lipinski definition) is 5. The van der Waals surface area contributed by atoms with Crippen molar-refractivity contribution >= 4 is 11.9 Å². The molecule has 8 heavy (non-hydrogen) atoms. The van der Waals surface area contributed by atoms with Gasteiger partial charge in [0.1, 0.15) is 0 Å². The highest BCUT2D eigenvalue weighted by molar-refractivity contribution is 8.00. The van der Waals surface area contributed by atoms with E-state index in [1.165, 1.54) is 11.9 Å². The molecule has 1 rings (SSSR count). The number of nitrogens with zero attached hydrogens (tertiary/aromatic N) is 2. The summed E-state index contributed by atoms with van der Waals surface area (Å²) in [6.07, 6.45) is 0. The minimum atomic E-state index is 0.786. The van der Waals surface area contributed by atoms with Crippen LogP contribution in [0.25, 0.3) is 0 Å². The van der Waals surface area contributed by atoms with E-state index in [0.29, 0.717) is 0 Å². The summed E-state index contributed by atoms with van der Waals surface area (Å²) >= 11 is 1.39. The molecule has 0 atom stereocenters. The molecule has 0 fully saturated rings. The van der Waals surface area contributed by atoms with E-state index >= 15 is 0 Å². The third-order valence-corrected chi connectivity index (χ3v) is 1.21. The van der Waals surface area contributed by atoms with E-state index in [1.54, 1.807) is 7.05 Å². The molecule has 2 N–H and O–H groups in total. The molecular formula is C3H6N4S. The minimum Gasteiger partial charge on any atom is -0.371 e. The zero-order chi connectivity index (χ0) is 5.82. The summed E-state index contributed by atoms with van der Waals surface area (Å²) in [6, 6.07) is 0. The first-order chi connectivity index (χ1) is 3.93. The molecule has 0 saturated carbocycles. The number of rotatable bonds is 1. The van der Waals surface area contributed by atoms with E-state index in [4.69, 9.17) is 0 Å². The van der Waals surface area contributed by atoms with Gasteiger partial charge < -0.3 is 5.32 Å². The van der Waals surface area contributed by atoms with E-state index in [9.17, 15) is 0 Å². The van der Waals surface area contributed by atoms with Crippen LogP contribution < -0.4 is 10.1 Å². The highest BCUT2D eigenvalue weighted by Crippen LogP contribution is 2.06. The Bertz CT molecular complexity index is 129. The van der Waals surface area contributed by atoms with Crippen LogP contribution in [0.5, 0.6) is 0 Å². The number of nitrogens with one attached hydrogen (secondary N) is 2. The van der Waals surface area contributed by atoms with Crippen molar-refractivity contribution < 1.29 is 0 Å². The van der Waals surface area contributed by atoms with Gasteiger partial charge in [-0.1, -0.05) is 5.22 Å². The van der Waals surface area contributed by atoms with Crippen LogP contribution in [0.1, 0.15) is 0 Å². The summed E-state index contributed by atoms with van der Waals surface area (Å²) in [7, 11) is 1.80. The third kappa shape index (κ3) is 1.13. The lowest BCUT2D eigenvalue weighted by molar-refractivity contribution is 0.850. The molecule has 0 aromatic heterocycles. The van der Waals surface area contributed by atoms with E-state index < -0.39 is 0 Å². The van der Waals surface area contributed by atoms with Gasteiger partial charge in [-0.25, -0.2) is 4.83 Å². The molecule has 0 aliphatic carbocycles. The SMILES string of the molecule is CNC1=CSNN=N1. The van der Waals surface area contributed by atoms with E-state index in [-0.39, 0.29) is 0 Å². The molecule has 1 aliphatic heterocycles. The molecule has 4 nitrogen and oxygen atoms in total. The molecule has 0 aromatic rings. The summed E-state index contributed by atoms with van der Waals surface area (Å²) in [5, 5.41) is 11.9. The lowest BCUT2D eigenvalue weighted by Gasteiger charge is -2.01. The smallest absolute Gasteiger partial charge is 0.158 e. The normalized spacial score (nSPS) is 16.9. The van der Waals surface area contributed by atoms with Crippen molar-refractivity contribution in [2.24, 2.45) is 10.3 Å². The van der Waals surface area contributed by atoms with E-state index in [1.807, 2.05) is 5.41 Å². The first kappa shape index (κ1) is 5.43.